The lowest BCUT2D eigenvalue weighted by molar-refractivity contribution is 0.251. The van der Waals surface area contributed by atoms with E-state index in [2.05, 4.69) is 49.3 Å². The summed E-state index contributed by atoms with van der Waals surface area (Å²) in [6, 6.07) is 13.0. The Morgan fingerprint density at radius 2 is 1.86 bits per heavy atom. The molecule has 0 radical (unpaired) electrons. The average Bonchev–Trinajstić information content (AvgIpc) is 3.77. The van der Waals surface area contributed by atoms with Crippen molar-refractivity contribution < 1.29 is 8.42 Å². The van der Waals surface area contributed by atoms with E-state index in [0.29, 0.717) is 33.7 Å². The van der Waals surface area contributed by atoms with Crippen molar-refractivity contribution in [2.24, 2.45) is 0 Å². The maximum Gasteiger partial charge on any atom is 0.268 e. The van der Waals surface area contributed by atoms with Gasteiger partial charge in [-0.15, -0.1) is 22.7 Å². The molecule has 1 fully saturated rings. The minimum atomic E-state index is -3.75. The molecule has 6 aromatic rings. The van der Waals surface area contributed by atoms with Gasteiger partial charge in [-0.2, -0.15) is 4.98 Å². The number of likely N-dealkylation sites (tertiary alicyclic amines) is 1. The second-order valence-electron chi connectivity index (χ2n) is 10.5. The minimum Gasteiger partial charge on any atom is -0.324 e. The molecule has 0 amide bonds. The number of sulfone groups is 1. The van der Waals surface area contributed by atoms with Crippen LogP contribution in [-0.4, -0.2) is 62.9 Å². The van der Waals surface area contributed by atoms with Crippen LogP contribution in [0.4, 0.5) is 11.6 Å². The lowest BCUT2D eigenvalue weighted by Crippen LogP contribution is -2.30. The molecule has 14 heteroatoms. The number of aromatic nitrogens is 6. The van der Waals surface area contributed by atoms with Gasteiger partial charge in [-0.25, -0.2) is 23.0 Å². The van der Waals surface area contributed by atoms with E-state index >= 15 is 0 Å². The summed E-state index contributed by atoms with van der Waals surface area (Å²) in [5, 5.41) is 6.09. The SMILES string of the molecule is CN1CCCC(c2ccc(Nc3ncc4cc(-c5ccc(S(=O)(=O)c6cncs6)cn5)c(=O)n(-c5nccs5)c4n3)cc2)C1. The minimum absolute atomic E-state index is 0.0182. The van der Waals surface area contributed by atoms with E-state index in [1.165, 1.54) is 64.3 Å². The van der Waals surface area contributed by atoms with Crippen molar-refractivity contribution in [3.63, 3.8) is 0 Å². The Labute approximate surface area is 260 Å². The summed E-state index contributed by atoms with van der Waals surface area (Å²) < 4.78 is 27.3. The lowest BCUT2D eigenvalue weighted by atomic mass is 9.91. The van der Waals surface area contributed by atoms with Gasteiger partial charge in [-0.3, -0.25) is 14.8 Å². The third kappa shape index (κ3) is 5.41. The van der Waals surface area contributed by atoms with Crippen LogP contribution in [0.15, 0.2) is 92.0 Å². The highest BCUT2D eigenvalue weighted by Crippen LogP contribution is 2.29. The summed E-state index contributed by atoms with van der Waals surface area (Å²) in [4.78, 5) is 38.1. The number of fused-ring (bicyclic) bond motifs is 1. The fourth-order valence-electron chi connectivity index (χ4n) is 5.40. The first-order valence-corrected chi connectivity index (χ1v) is 17.1. The van der Waals surface area contributed by atoms with Crippen LogP contribution < -0.4 is 10.9 Å². The second kappa shape index (κ2) is 11.6. The quantitative estimate of drug-likeness (QED) is 0.249. The summed E-state index contributed by atoms with van der Waals surface area (Å²) >= 11 is 2.33. The molecule has 7 rings (SSSR count). The number of benzene rings is 1. The highest BCUT2D eigenvalue weighted by atomic mass is 32.2. The van der Waals surface area contributed by atoms with Crippen molar-refractivity contribution in [2.75, 3.05) is 25.5 Å². The number of thiazole rings is 2. The third-order valence-corrected chi connectivity index (χ3v) is 11.4. The standard InChI is InChI=1S/C30H26N8O3S3/c1-37-11-2-3-20(17-37)19-4-6-22(7-5-19)35-29-34-14-21-13-24(28(39)38(27(21)36-29)30-32-10-12-42-30)25-9-8-23(15-33-25)44(40,41)26-16-31-18-43-26/h4-10,12-16,18,20H,2-3,11,17H2,1H3,(H,34,35,36). The molecule has 0 bridgehead atoms. The van der Waals surface area contributed by atoms with Gasteiger partial charge in [0.1, 0.15) is 4.21 Å². The average molecular weight is 643 g/mol. The highest BCUT2D eigenvalue weighted by Gasteiger charge is 2.22. The van der Waals surface area contributed by atoms with E-state index in [9.17, 15) is 13.2 Å². The summed E-state index contributed by atoms with van der Waals surface area (Å²) in [5.74, 6) is 0.867. The molecule has 0 saturated carbocycles. The van der Waals surface area contributed by atoms with Gasteiger partial charge < -0.3 is 10.2 Å². The molecule has 1 unspecified atom stereocenters. The monoisotopic (exact) mass is 642 g/mol. The first kappa shape index (κ1) is 28.4. The number of rotatable bonds is 7. The van der Waals surface area contributed by atoms with Crippen molar-refractivity contribution >= 4 is 55.2 Å². The van der Waals surface area contributed by atoms with Gasteiger partial charge in [-0.1, -0.05) is 12.1 Å². The Bertz CT molecular complexity index is 2100. The Kier molecular flexibility index (Phi) is 7.50. The van der Waals surface area contributed by atoms with Gasteiger partial charge in [0.05, 0.1) is 27.9 Å². The van der Waals surface area contributed by atoms with Crippen LogP contribution >= 0.6 is 22.7 Å². The van der Waals surface area contributed by atoms with E-state index in [0.717, 1.165) is 30.1 Å². The van der Waals surface area contributed by atoms with Crippen molar-refractivity contribution in [2.45, 2.75) is 27.9 Å². The number of likely N-dealkylation sites (N-methyl/N-ethyl adjacent to an activating group) is 1. The maximum atomic E-state index is 13.9. The van der Waals surface area contributed by atoms with Gasteiger partial charge in [-0.05, 0) is 68.2 Å². The number of hydrogen-bond acceptors (Lipinski definition) is 12. The number of pyridine rings is 2. The molecule has 222 valence electrons. The Morgan fingerprint density at radius 1 is 1.00 bits per heavy atom. The number of nitrogens with zero attached hydrogens (tertiary/aromatic N) is 7. The van der Waals surface area contributed by atoms with E-state index in [-0.39, 0.29) is 20.2 Å². The third-order valence-electron chi connectivity index (χ3n) is 7.61. The maximum absolute atomic E-state index is 13.9. The summed E-state index contributed by atoms with van der Waals surface area (Å²) in [5.41, 5.74) is 4.20. The van der Waals surface area contributed by atoms with Crippen LogP contribution in [-0.2, 0) is 9.84 Å². The van der Waals surface area contributed by atoms with Crippen LogP contribution in [0.3, 0.4) is 0 Å². The molecular formula is C30H26N8O3S3. The van der Waals surface area contributed by atoms with E-state index in [4.69, 9.17) is 4.98 Å². The van der Waals surface area contributed by atoms with E-state index < -0.39 is 9.84 Å². The second-order valence-corrected chi connectivity index (χ2v) is 14.5. The Hall–Kier alpha value is -4.37. The van der Waals surface area contributed by atoms with Gasteiger partial charge in [0.2, 0.25) is 15.8 Å². The van der Waals surface area contributed by atoms with Crippen molar-refractivity contribution in [3.05, 3.63) is 94.1 Å². The molecule has 0 aliphatic carbocycles. The molecule has 1 aliphatic heterocycles. The van der Waals surface area contributed by atoms with Gasteiger partial charge in [0.25, 0.3) is 5.56 Å². The summed E-state index contributed by atoms with van der Waals surface area (Å²) in [6.45, 7) is 2.20. The molecule has 0 spiro atoms. The molecular weight excluding hydrogens is 617 g/mol. The first-order chi connectivity index (χ1) is 21.4. The number of nitrogens with one attached hydrogen (secondary N) is 1. The fourth-order valence-corrected chi connectivity index (χ4v) is 8.18. The number of anilines is 2. The normalized spacial score (nSPS) is 15.9. The largest absolute Gasteiger partial charge is 0.324 e. The predicted octanol–water partition coefficient (Wildman–Crippen LogP) is 5.14. The zero-order valence-corrected chi connectivity index (χ0v) is 25.9. The zero-order valence-electron chi connectivity index (χ0n) is 23.5. The van der Waals surface area contributed by atoms with E-state index in [1.807, 2.05) is 12.1 Å². The van der Waals surface area contributed by atoms with Crippen LogP contribution in [0.2, 0.25) is 0 Å². The Balaban J connectivity index is 1.23. The van der Waals surface area contributed by atoms with E-state index in [1.54, 1.807) is 23.8 Å². The molecule has 5 aromatic heterocycles. The molecule has 1 aliphatic rings. The number of hydrogen-bond donors (Lipinski definition) is 1. The van der Waals surface area contributed by atoms with Crippen molar-refractivity contribution in [1.29, 1.82) is 0 Å². The first-order valence-electron chi connectivity index (χ1n) is 13.8. The predicted molar refractivity (Wildman–Crippen MR) is 171 cm³/mol. The summed E-state index contributed by atoms with van der Waals surface area (Å²) in [7, 11) is -1.59. The van der Waals surface area contributed by atoms with Crippen molar-refractivity contribution in [3.8, 4) is 16.4 Å². The highest BCUT2D eigenvalue weighted by molar-refractivity contribution is 7.93. The Morgan fingerprint density at radius 3 is 2.57 bits per heavy atom. The van der Waals surface area contributed by atoms with Crippen LogP contribution in [0.1, 0.15) is 24.3 Å². The zero-order chi connectivity index (χ0) is 30.3. The van der Waals surface area contributed by atoms with Crippen molar-refractivity contribution in [1.82, 2.24) is 34.4 Å². The molecule has 1 N–H and O–H groups in total. The molecule has 6 heterocycles. The molecule has 44 heavy (non-hydrogen) atoms. The molecule has 11 nitrogen and oxygen atoms in total. The smallest absolute Gasteiger partial charge is 0.268 e. The summed E-state index contributed by atoms with van der Waals surface area (Å²) in [6.07, 6.45) is 8.21. The number of piperidine rings is 1. The lowest BCUT2D eigenvalue weighted by Gasteiger charge is -2.30. The fraction of sp³-hybridized carbons (Fsp3) is 0.200. The molecule has 1 aromatic carbocycles. The molecule has 1 atom stereocenters. The topological polar surface area (TPSA) is 136 Å². The van der Waals surface area contributed by atoms with Gasteiger partial charge in [0.15, 0.2) is 10.8 Å². The van der Waals surface area contributed by atoms with Crippen LogP contribution in [0.25, 0.3) is 27.4 Å². The van der Waals surface area contributed by atoms with Gasteiger partial charge in [0, 0.05) is 41.6 Å². The molecule has 1 saturated heterocycles. The van der Waals surface area contributed by atoms with Crippen LogP contribution in [0, 0.1) is 0 Å². The van der Waals surface area contributed by atoms with Crippen LogP contribution in [0.5, 0.6) is 0 Å². The van der Waals surface area contributed by atoms with Gasteiger partial charge >= 0.3 is 0 Å².